The Morgan fingerprint density at radius 2 is 1.14 bits per heavy atom. The molecule has 0 aliphatic carbocycles. The molecular formula is C39H67O10P. The highest BCUT2D eigenvalue weighted by molar-refractivity contribution is 7.46. The lowest BCUT2D eigenvalue weighted by Crippen LogP contribution is -2.29. The molecule has 0 aromatic rings. The highest BCUT2D eigenvalue weighted by atomic mass is 31.2. The monoisotopic (exact) mass is 726 g/mol. The third-order valence-corrected chi connectivity index (χ3v) is 8.20. The largest absolute Gasteiger partial charge is 0.469 e. The first kappa shape index (κ1) is 47.7. The molecule has 0 radical (unpaired) electrons. The fourth-order valence-corrected chi connectivity index (χ4v) is 5.18. The molecule has 0 fully saturated rings. The fourth-order valence-electron chi connectivity index (χ4n) is 4.81. The molecule has 0 aliphatic heterocycles. The van der Waals surface area contributed by atoms with Crippen LogP contribution in [0.3, 0.4) is 0 Å². The van der Waals surface area contributed by atoms with Crippen molar-refractivity contribution in [2.24, 2.45) is 0 Å². The van der Waals surface area contributed by atoms with Crippen molar-refractivity contribution in [3.63, 3.8) is 0 Å². The highest BCUT2D eigenvalue weighted by Gasteiger charge is 2.23. The van der Waals surface area contributed by atoms with Crippen molar-refractivity contribution < 1.29 is 48.2 Å². The average molecular weight is 727 g/mol. The van der Waals surface area contributed by atoms with Crippen LogP contribution < -0.4 is 0 Å². The Balaban J connectivity index is 4.26. The van der Waals surface area contributed by atoms with Crippen LogP contribution in [0.2, 0.25) is 0 Å². The van der Waals surface area contributed by atoms with Crippen molar-refractivity contribution in [1.82, 2.24) is 0 Å². The number of hydrogen-bond acceptors (Lipinski definition) is 8. The van der Waals surface area contributed by atoms with Crippen molar-refractivity contribution >= 4 is 19.8 Å². The Morgan fingerprint density at radius 3 is 1.74 bits per heavy atom. The van der Waals surface area contributed by atoms with Crippen molar-refractivity contribution in [1.29, 1.82) is 0 Å². The number of ether oxygens (including phenoxy) is 2. The lowest BCUT2D eigenvalue weighted by Gasteiger charge is -2.18. The zero-order valence-electron chi connectivity index (χ0n) is 30.7. The Morgan fingerprint density at radius 1 is 0.620 bits per heavy atom. The number of phosphoric acid groups is 1. The molecule has 0 saturated carbocycles. The Kier molecular flexibility index (Phi) is 32.2. The Bertz CT molecular complexity index is 1030. The van der Waals surface area contributed by atoms with E-state index in [0.29, 0.717) is 25.7 Å². The molecule has 11 heteroatoms. The minimum absolute atomic E-state index is 0.0150. The van der Waals surface area contributed by atoms with Crippen molar-refractivity contribution in [3.8, 4) is 0 Å². The molecule has 0 heterocycles. The molecule has 0 amide bonds. The first-order valence-corrected chi connectivity index (χ1v) is 20.3. The summed E-state index contributed by atoms with van der Waals surface area (Å²) in [5.41, 5.74) is 0. The topological polar surface area (TPSA) is 160 Å². The standard InChI is InChI=1S/C39H67O10P/c1-3-5-7-8-9-10-11-12-13-14-18-21-25-31-39(43)49-37(34-48-50(44,45)46)33-47-38(42)32-26-30-36(41)29-24-20-17-15-16-19-23-28-35(40)27-22-6-4-2/h10-11,16-17,19-20,23-24,28-29,35-37,40-41H,3-9,12-15,18,21-22,25-27,30-34H2,1-2H3,(H2,44,45,46)/b11-10-,19-16-,20-17-,28-23+,29-24+/t35-,36-,37+/m0/s1. The van der Waals surface area contributed by atoms with Crippen LogP contribution in [-0.4, -0.2) is 63.5 Å². The second-order valence-corrected chi connectivity index (χ2v) is 13.8. The van der Waals surface area contributed by atoms with Gasteiger partial charge in [-0.1, -0.05) is 132 Å². The summed E-state index contributed by atoms with van der Waals surface area (Å²) in [6.45, 7) is 3.34. The molecule has 0 bridgehead atoms. The summed E-state index contributed by atoms with van der Waals surface area (Å²) in [5.74, 6) is -1.13. The molecule has 0 aromatic carbocycles. The summed E-state index contributed by atoms with van der Waals surface area (Å²) in [4.78, 5) is 42.7. The first-order chi connectivity index (χ1) is 24.1. The minimum Gasteiger partial charge on any atom is -0.462 e. The Labute approximate surface area is 302 Å². The zero-order valence-corrected chi connectivity index (χ0v) is 31.6. The van der Waals surface area contributed by atoms with Gasteiger partial charge in [-0.05, 0) is 57.8 Å². The number of aliphatic hydroxyl groups is 2. The number of unbranched alkanes of at least 4 members (excludes halogenated alkanes) is 11. The summed E-state index contributed by atoms with van der Waals surface area (Å²) in [6.07, 6.45) is 34.4. The van der Waals surface area contributed by atoms with Gasteiger partial charge in [0.25, 0.3) is 0 Å². The molecule has 0 aromatic heterocycles. The number of rotatable bonds is 33. The lowest BCUT2D eigenvalue weighted by atomic mass is 10.1. The summed E-state index contributed by atoms with van der Waals surface area (Å²) >= 11 is 0. The van der Waals surface area contributed by atoms with Gasteiger partial charge >= 0.3 is 19.8 Å². The minimum atomic E-state index is -4.81. The molecular weight excluding hydrogens is 659 g/mol. The number of esters is 2. The predicted octanol–water partition coefficient (Wildman–Crippen LogP) is 8.90. The van der Waals surface area contributed by atoms with Gasteiger partial charge in [-0.2, -0.15) is 0 Å². The van der Waals surface area contributed by atoms with Crippen LogP contribution in [0.4, 0.5) is 0 Å². The third kappa shape index (κ3) is 35.5. The van der Waals surface area contributed by atoms with E-state index in [-0.39, 0.29) is 12.8 Å². The van der Waals surface area contributed by atoms with Crippen LogP contribution in [0.15, 0.2) is 60.8 Å². The smallest absolute Gasteiger partial charge is 0.462 e. The summed E-state index contributed by atoms with van der Waals surface area (Å²) in [7, 11) is -4.81. The van der Waals surface area contributed by atoms with Crippen LogP contribution in [0, 0.1) is 0 Å². The molecule has 0 spiro atoms. The molecule has 3 atom stereocenters. The fraction of sp³-hybridized carbons (Fsp3) is 0.692. The third-order valence-electron chi connectivity index (χ3n) is 7.72. The van der Waals surface area contributed by atoms with Gasteiger partial charge in [0.15, 0.2) is 6.10 Å². The van der Waals surface area contributed by atoms with Gasteiger partial charge in [-0.15, -0.1) is 0 Å². The van der Waals surface area contributed by atoms with Gasteiger partial charge in [0.2, 0.25) is 0 Å². The van der Waals surface area contributed by atoms with Gasteiger partial charge in [-0.25, -0.2) is 4.57 Å². The number of allylic oxidation sites excluding steroid dienone is 8. The van der Waals surface area contributed by atoms with Gasteiger partial charge in [-0.3, -0.25) is 14.1 Å². The van der Waals surface area contributed by atoms with Gasteiger partial charge in [0, 0.05) is 12.8 Å². The van der Waals surface area contributed by atoms with Gasteiger partial charge in [0.05, 0.1) is 18.8 Å². The van der Waals surface area contributed by atoms with Crippen LogP contribution in [0.1, 0.15) is 142 Å². The molecule has 50 heavy (non-hydrogen) atoms. The SMILES string of the molecule is CCCCCC/C=C\CCCCCCCC(=O)O[C@H](COC(=O)CCC[C@@H](O)/C=C/C=C\C/C=C\C=C\[C@@H](O)CCCCC)COP(=O)(O)O. The van der Waals surface area contributed by atoms with E-state index >= 15 is 0 Å². The van der Waals surface area contributed by atoms with E-state index in [4.69, 9.17) is 19.3 Å². The highest BCUT2D eigenvalue weighted by Crippen LogP contribution is 2.36. The van der Waals surface area contributed by atoms with E-state index in [1.807, 2.05) is 30.4 Å². The number of hydrogen-bond donors (Lipinski definition) is 4. The molecule has 288 valence electrons. The normalized spacial score (nSPS) is 14.4. The summed E-state index contributed by atoms with van der Waals surface area (Å²) in [6, 6.07) is 0. The molecule has 0 saturated heterocycles. The maximum absolute atomic E-state index is 12.3. The Hall–Kier alpha value is -2.33. The second kappa shape index (κ2) is 33.8. The van der Waals surface area contributed by atoms with Crippen LogP contribution >= 0.6 is 7.82 Å². The van der Waals surface area contributed by atoms with E-state index in [0.717, 1.165) is 64.2 Å². The van der Waals surface area contributed by atoms with E-state index in [2.05, 4.69) is 30.5 Å². The van der Waals surface area contributed by atoms with E-state index in [1.165, 1.54) is 25.7 Å². The number of carbonyl (C=O) groups is 2. The maximum atomic E-state index is 12.3. The van der Waals surface area contributed by atoms with Gasteiger partial charge in [0.1, 0.15) is 6.61 Å². The lowest BCUT2D eigenvalue weighted by molar-refractivity contribution is -0.161. The number of phosphoric ester groups is 1. The molecule has 0 aliphatic rings. The predicted molar refractivity (Wildman–Crippen MR) is 200 cm³/mol. The summed E-state index contributed by atoms with van der Waals surface area (Å²) in [5, 5.41) is 20.0. The van der Waals surface area contributed by atoms with Crippen molar-refractivity contribution in [2.75, 3.05) is 13.2 Å². The molecule has 0 rings (SSSR count). The van der Waals surface area contributed by atoms with Crippen LogP contribution in [0.25, 0.3) is 0 Å². The van der Waals surface area contributed by atoms with Crippen LogP contribution in [0.5, 0.6) is 0 Å². The maximum Gasteiger partial charge on any atom is 0.469 e. The quantitative estimate of drug-likeness (QED) is 0.0169. The van der Waals surface area contributed by atoms with Crippen LogP contribution in [-0.2, 0) is 28.2 Å². The summed E-state index contributed by atoms with van der Waals surface area (Å²) < 4.78 is 26.1. The van der Waals surface area contributed by atoms with E-state index in [1.54, 1.807) is 18.2 Å². The second-order valence-electron chi connectivity index (χ2n) is 12.6. The number of carbonyl (C=O) groups excluding carboxylic acids is 2. The molecule has 4 N–H and O–H groups in total. The average Bonchev–Trinajstić information content (AvgIpc) is 3.07. The van der Waals surface area contributed by atoms with E-state index in [9.17, 15) is 24.4 Å². The van der Waals surface area contributed by atoms with Crippen molar-refractivity contribution in [3.05, 3.63) is 60.8 Å². The first-order valence-electron chi connectivity index (χ1n) is 18.8. The van der Waals surface area contributed by atoms with Crippen molar-refractivity contribution in [2.45, 2.75) is 161 Å². The van der Waals surface area contributed by atoms with E-state index < -0.39 is 51.3 Å². The number of aliphatic hydroxyl groups excluding tert-OH is 2. The zero-order chi connectivity index (χ0) is 37.1. The molecule has 10 nitrogen and oxygen atoms in total. The molecule has 0 unspecified atom stereocenters. The van der Waals surface area contributed by atoms with Gasteiger partial charge < -0.3 is 29.5 Å².